The lowest BCUT2D eigenvalue weighted by Crippen LogP contribution is -2.41. The van der Waals surface area contributed by atoms with Crippen LogP contribution in [0.25, 0.3) is 0 Å². The van der Waals surface area contributed by atoms with Crippen molar-refractivity contribution in [1.82, 2.24) is 4.90 Å². The number of anilines is 1. The number of hydrogen-bond acceptors (Lipinski definition) is 4. The standard InChI is InChI=1S/C27H28N2O4/c1-32-25-13-9-22(10-14-25)20-29(27(31)23-5-3-2-4-6-23)24-11-7-21(8-12-24)19-26(30)28-15-17-33-18-16-28/h2-14H,15-20H2,1H3. The van der Waals surface area contributed by atoms with Crippen LogP contribution in [0.1, 0.15) is 21.5 Å². The maximum Gasteiger partial charge on any atom is 0.258 e. The zero-order chi connectivity index (χ0) is 23.0. The SMILES string of the molecule is COc1ccc(CN(C(=O)c2ccccc2)c2ccc(CC(=O)N3CCOCC3)cc2)cc1. The molecule has 4 rings (SSSR count). The Morgan fingerprint density at radius 2 is 1.52 bits per heavy atom. The van der Waals surface area contributed by atoms with E-state index in [-0.39, 0.29) is 11.8 Å². The van der Waals surface area contributed by atoms with Crippen molar-refractivity contribution < 1.29 is 19.1 Å². The molecule has 6 heteroatoms. The summed E-state index contributed by atoms with van der Waals surface area (Å²) in [6, 6.07) is 24.6. The van der Waals surface area contributed by atoms with Gasteiger partial charge in [0.05, 0.1) is 33.3 Å². The van der Waals surface area contributed by atoms with Gasteiger partial charge in [0.15, 0.2) is 0 Å². The Morgan fingerprint density at radius 1 is 0.879 bits per heavy atom. The molecule has 1 fully saturated rings. The first-order valence-corrected chi connectivity index (χ1v) is 11.1. The molecular formula is C27H28N2O4. The van der Waals surface area contributed by atoms with Crippen molar-refractivity contribution in [3.63, 3.8) is 0 Å². The molecule has 1 aliphatic heterocycles. The van der Waals surface area contributed by atoms with Gasteiger partial charge in [0, 0.05) is 24.3 Å². The number of nitrogens with zero attached hydrogens (tertiary/aromatic N) is 2. The molecule has 0 saturated carbocycles. The third kappa shape index (κ3) is 5.79. The van der Waals surface area contributed by atoms with Gasteiger partial charge in [0.1, 0.15) is 5.75 Å². The smallest absolute Gasteiger partial charge is 0.258 e. The summed E-state index contributed by atoms with van der Waals surface area (Å²) in [7, 11) is 1.63. The maximum atomic E-state index is 13.4. The Morgan fingerprint density at radius 3 is 2.15 bits per heavy atom. The summed E-state index contributed by atoms with van der Waals surface area (Å²) >= 11 is 0. The topological polar surface area (TPSA) is 59.1 Å². The molecule has 3 aromatic carbocycles. The molecule has 0 aliphatic carbocycles. The number of rotatable bonds is 7. The highest BCUT2D eigenvalue weighted by Gasteiger charge is 2.20. The first-order valence-electron chi connectivity index (χ1n) is 11.1. The molecule has 0 aromatic heterocycles. The minimum absolute atomic E-state index is 0.0800. The summed E-state index contributed by atoms with van der Waals surface area (Å²) in [6.45, 7) is 2.87. The van der Waals surface area contributed by atoms with Crippen LogP contribution >= 0.6 is 0 Å². The lowest BCUT2D eigenvalue weighted by Gasteiger charge is -2.27. The van der Waals surface area contributed by atoms with Crippen LogP contribution in [-0.2, 0) is 22.5 Å². The summed E-state index contributed by atoms with van der Waals surface area (Å²) in [4.78, 5) is 29.5. The van der Waals surface area contributed by atoms with Crippen LogP contribution in [0.3, 0.4) is 0 Å². The molecule has 2 amide bonds. The van der Waals surface area contributed by atoms with Crippen molar-refractivity contribution in [2.45, 2.75) is 13.0 Å². The zero-order valence-corrected chi connectivity index (χ0v) is 18.8. The van der Waals surface area contributed by atoms with Gasteiger partial charge >= 0.3 is 0 Å². The van der Waals surface area contributed by atoms with Crippen LogP contribution in [0.15, 0.2) is 78.9 Å². The second-order valence-electron chi connectivity index (χ2n) is 7.94. The molecule has 3 aromatic rings. The van der Waals surface area contributed by atoms with Crippen LogP contribution in [0.5, 0.6) is 5.75 Å². The summed E-state index contributed by atoms with van der Waals surface area (Å²) in [5.74, 6) is 0.791. The molecule has 1 saturated heterocycles. The van der Waals surface area contributed by atoms with Crippen LogP contribution < -0.4 is 9.64 Å². The third-order valence-corrected chi connectivity index (χ3v) is 5.73. The minimum atomic E-state index is -0.0800. The second-order valence-corrected chi connectivity index (χ2v) is 7.94. The highest BCUT2D eigenvalue weighted by Crippen LogP contribution is 2.23. The second kappa shape index (κ2) is 10.8. The van der Waals surface area contributed by atoms with Gasteiger partial charge in [-0.25, -0.2) is 0 Å². The van der Waals surface area contributed by atoms with Gasteiger partial charge in [0.25, 0.3) is 5.91 Å². The van der Waals surface area contributed by atoms with E-state index in [9.17, 15) is 9.59 Å². The number of amides is 2. The fourth-order valence-electron chi connectivity index (χ4n) is 3.82. The number of carbonyl (C=O) groups excluding carboxylic acids is 2. The Bertz CT molecular complexity index is 1060. The third-order valence-electron chi connectivity index (χ3n) is 5.73. The number of ether oxygens (including phenoxy) is 2. The normalized spacial score (nSPS) is 13.4. The number of carbonyl (C=O) groups is 2. The lowest BCUT2D eigenvalue weighted by molar-refractivity contribution is -0.134. The van der Waals surface area contributed by atoms with Crippen molar-refractivity contribution in [3.8, 4) is 5.75 Å². The van der Waals surface area contributed by atoms with E-state index < -0.39 is 0 Å². The number of morpholine rings is 1. The molecule has 0 unspecified atom stereocenters. The molecule has 170 valence electrons. The first-order chi connectivity index (χ1) is 16.1. The first kappa shape index (κ1) is 22.6. The van der Waals surface area contributed by atoms with Crippen LogP contribution in [0, 0.1) is 0 Å². The van der Waals surface area contributed by atoms with Gasteiger partial charge in [0.2, 0.25) is 5.91 Å². The molecule has 1 heterocycles. The quantitative estimate of drug-likeness (QED) is 0.554. The predicted octanol–water partition coefficient (Wildman–Crippen LogP) is 3.94. The van der Waals surface area contributed by atoms with Gasteiger partial charge in [-0.2, -0.15) is 0 Å². The molecule has 0 atom stereocenters. The van der Waals surface area contributed by atoms with Gasteiger partial charge in [-0.3, -0.25) is 9.59 Å². The molecule has 1 aliphatic rings. The van der Waals surface area contributed by atoms with E-state index in [1.807, 2.05) is 83.8 Å². The predicted molar refractivity (Wildman–Crippen MR) is 127 cm³/mol. The molecule has 0 spiro atoms. The lowest BCUT2D eigenvalue weighted by atomic mass is 10.1. The Hall–Kier alpha value is -3.64. The number of hydrogen-bond donors (Lipinski definition) is 0. The summed E-state index contributed by atoms with van der Waals surface area (Å²) in [5.41, 5.74) is 3.32. The van der Waals surface area contributed by atoms with E-state index in [0.29, 0.717) is 44.8 Å². The molecule has 0 bridgehead atoms. The fraction of sp³-hybridized carbons (Fsp3) is 0.259. The summed E-state index contributed by atoms with van der Waals surface area (Å²) < 4.78 is 10.6. The minimum Gasteiger partial charge on any atom is -0.497 e. The molecular weight excluding hydrogens is 416 g/mol. The van der Waals surface area contributed by atoms with E-state index in [1.54, 1.807) is 12.0 Å². The van der Waals surface area contributed by atoms with E-state index in [2.05, 4.69) is 0 Å². The van der Waals surface area contributed by atoms with Crippen molar-refractivity contribution >= 4 is 17.5 Å². The average molecular weight is 445 g/mol. The Labute approximate surface area is 194 Å². The highest BCUT2D eigenvalue weighted by atomic mass is 16.5. The fourth-order valence-corrected chi connectivity index (χ4v) is 3.82. The van der Waals surface area contributed by atoms with E-state index in [1.165, 1.54) is 0 Å². The number of benzene rings is 3. The van der Waals surface area contributed by atoms with Crippen LogP contribution in [0.4, 0.5) is 5.69 Å². The van der Waals surface area contributed by atoms with Gasteiger partial charge in [-0.15, -0.1) is 0 Å². The van der Waals surface area contributed by atoms with Gasteiger partial charge in [-0.05, 0) is 47.5 Å². The zero-order valence-electron chi connectivity index (χ0n) is 18.8. The van der Waals surface area contributed by atoms with Gasteiger partial charge < -0.3 is 19.3 Å². The average Bonchev–Trinajstić information content (AvgIpc) is 2.89. The molecule has 0 radical (unpaired) electrons. The van der Waals surface area contributed by atoms with Crippen molar-refractivity contribution in [2.75, 3.05) is 38.3 Å². The van der Waals surface area contributed by atoms with Crippen LogP contribution in [0.2, 0.25) is 0 Å². The van der Waals surface area contributed by atoms with Gasteiger partial charge in [-0.1, -0.05) is 42.5 Å². The maximum absolute atomic E-state index is 13.4. The van der Waals surface area contributed by atoms with Crippen molar-refractivity contribution in [1.29, 1.82) is 0 Å². The van der Waals surface area contributed by atoms with Crippen molar-refractivity contribution in [3.05, 3.63) is 95.6 Å². The number of methoxy groups -OCH3 is 1. The molecule has 6 nitrogen and oxygen atoms in total. The molecule has 33 heavy (non-hydrogen) atoms. The monoisotopic (exact) mass is 444 g/mol. The van der Waals surface area contributed by atoms with E-state index >= 15 is 0 Å². The Balaban J connectivity index is 1.53. The largest absolute Gasteiger partial charge is 0.497 e. The summed E-state index contributed by atoms with van der Waals surface area (Å²) in [6.07, 6.45) is 0.339. The van der Waals surface area contributed by atoms with Crippen molar-refractivity contribution in [2.24, 2.45) is 0 Å². The Kier molecular flexibility index (Phi) is 7.37. The van der Waals surface area contributed by atoms with E-state index in [0.717, 1.165) is 22.6 Å². The van der Waals surface area contributed by atoms with E-state index in [4.69, 9.17) is 9.47 Å². The van der Waals surface area contributed by atoms with Crippen LogP contribution in [-0.4, -0.2) is 50.1 Å². The summed E-state index contributed by atoms with van der Waals surface area (Å²) in [5, 5.41) is 0. The highest BCUT2D eigenvalue weighted by molar-refractivity contribution is 6.06. The molecule has 0 N–H and O–H groups in total.